The third kappa shape index (κ3) is 3.64. The molecule has 1 heterocycles. The molecule has 1 aromatic carbocycles. The summed E-state index contributed by atoms with van der Waals surface area (Å²) in [4.78, 5) is 14.2. The fourth-order valence-corrected chi connectivity index (χ4v) is 2.35. The zero-order valence-corrected chi connectivity index (χ0v) is 12.8. The standard InChI is InChI=1S/C15H14BrN3O2/c16-14-12(5-1-6-13(14)18)15(20)19(8-3-7-17)10-11-4-2-9-21-11/h1-2,4-6,9H,3,8,10,18H2. The van der Waals surface area contributed by atoms with Crippen LogP contribution in [0.1, 0.15) is 22.5 Å². The van der Waals surface area contributed by atoms with Gasteiger partial charge in [0.05, 0.1) is 35.3 Å². The van der Waals surface area contributed by atoms with Crippen molar-refractivity contribution in [1.29, 1.82) is 5.26 Å². The van der Waals surface area contributed by atoms with Gasteiger partial charge in [-0.25, -0.2) is 0 Å². The largest absolute Gasteiger partial charge is 0.467 e. The first-order chi connectivity index (χ1) is 10.1. The lowest BCUT2D eigenvalue weighted by molar-refractivity contribution is 0.0734. The van der Waals surface area contributed by atoms with E-state index in [0.29, 0.717) is 34.6 Å². The molecule has 1 aromatic heterocycles. The molecule has 21 heavy (non-hydrogen) atoms. The maximum absolute atomic E-state index is 12.6. The van der Waals surface area contributed by atoms with E-state index in [4.69, 9.17) is 15.4 Å². The van der Waals surface area contributed by atoms with Crippen LogP contribution in [-0.2, 0) is 6.54 Å². The summed E-state index contributed by atoms with van der Waals surface area (Å²) >= 11 is 3.33. The Hall–Kier alpha value is -2.26. The van der Waals surface area contributed by atoms with Gasteiger partial charge >= 0.3 is 0 Å². The van der Waals surface area contributed by atoms with Crippen molar-refractivity contribution < 1.29 is 9.21 Å². The number of benzene rings is 1. The predicted molar refractivity (Wildman–Crippen MR) is 82.2 cm³/mol. The molecule has 0 saturated heterocycles. The molecule has 1 amide bonds. The van der Waals surface area contributed by atoms with Gasteiger partial charge in [0.15, 0.2) is 0 Å². The van der Waals surface area contributed by atoms with Gasteiger partial charge in [-0.05, 0) is 40.2 Å². The monoisotopic (exact) mass is 347 g/mol. The number of carbonyl (C=O) groups excluding carboxylic acids is 1. The van der Waals surface area contributed by atoms with E-state index >= 15 is 0 Å². The van der Waals surface area contributed by atoms with E-state index in [2.05, 4.69) is 15.9 Å². The Morgan fingerprint density at radius 1 is 1.38 bits per heavy atom. The second-order valence-electron chi connectivity index (χ2n) is 4.42. The number of nitriles is 1. The van der Waals surface area contributed by atoms with E-state index in [0.717, 1.165) is 0 Å². The molecule has 0 atom stereocenters. The highest BCUT2D eigenvalue weighted by Crippen LogP contribution is 2.25. The number of anilines is 1. The summed E-state index contributed by atoms with van der Waals surface area (Å²) in [6.45, 7) is 0.645. The summed E-state index contributed by atoms with van der Waals surface area (Å²) in [6, 6.07) is 10.7. The summed E-state index contributed by atoms with van der Waals surface area (Å²) in [6.07, 6.45) is 1.81. The van der Waals surface area contributed by atoms with Crippen molar-refractivity contribution in [3.8, 4) is 6.07 Å². The highest BCUT2D eigenvalue weighted by molar-refractivity contribution is 9.10. The molecule has 0 bridgehead atoms. The number of rotatable bonds is 5. The smallest absolute Gasteiger partial charge is 0.255 e. The Labute approximate surface area is 131 Å². The van der Waals surface area contributed by atoms with E-state index in [1.54, 1.807) is 41.5 Å². The zero-order chi connectivity index (χ0) is 15.2. The minimum atomic E-state index is -0.194. The predicted octanol–water partition coefficient (Wildman–Crippen LogP) is 3.18. The third-order valence-electron chi connectivity index (χ3n) is 2.97. The lowest BCUT2D eigenvalue weighted by Gasteiger charge is -2.21. The first-order valence-corrected chi connectivity index (χ1v) is 7.15. The SMILES string of the molecule is N#CCCN(Cc1ccco1)C(=O)c1cccc(N)c1Br. The number of nitrogens with zero attached hydrogens (tertiary/aromatic N) is 2. The van der Waals surface area contributed by atoms with Crippen LogP contribution in [0.3, 0.4) is 0 Å². The van der Waals surface area contributed by atoms with Gasteiger partial charge in [0.25, 0.3) is 5.91 Å². The minimum absolute atomic E-state index is 0.194. The summed E-state index contributed by atoms with van der Waals surface area (Å²) < 4.78 is 5.84. The van der Waals surface area contributed by atoms with Crippen LogP contribution >= 0.6 is 15.9 Å². The molecular formula is C15H14BrN3O2. The van der Waals surface area contributed by atoms with Gasteiger partial charge in [0.1, 0.15) is 5.76 Å². The van der Waals surface area contributed by atoms with Crippen LogP contribution in [0.5, 0.6) is 0 Å². The molecular weight excluding hydrogens is 334 g/mol. The molecule has 0 radical (unpaired) electrons. The first kappa shape index (κ1) is 15.1. The molecule has 0 aliphatic rings. The highest BCUT2D eigenvalue weighted by Gasteiger charge is 2.20. The van der Waals surface area contributed by atoms with Crippen LogP contribution in [0.15, 0.2) is 45.5 Å². The average molecular weight is 348 g/mol. The second-order valence-corrected chi connectivity index (χ2v) is 5.22. The van der Waals surface area contributed by atoms with Gasteiger partial charge in [0.2, 0.25) is 0 Å². The topological polar surface area (TPSA) is 83.3 Å². The van der Waals surface area contributed by atoms with Gasteiger partial charge in [-0.2, -0.15) is 5.26 Å². The fraction of sp³-hybridized carbons (Fsp3) is 0.200. The molecule has 2 N–H and O–H groups in total. The van der Waals surface area contributed by atoms with Crippen LogP contribution in [0.2, 0.25) is 0 Å². The van der Waals surface area contributed by atoms with E-state index in [-0.39, 0.29) is 12.3 Å². The molecule has 0 unspecified atom stereocenters. The third-order valence-corrected chi connectivity index (χ3v) is 3.85. The number of halogens is 1. The fourth-order valence-electron chi connectivity index (χ4n) is 1.91. The summed E-state index contributed by atoms with van der Waals surface area (Å²) in [5.41, 5.74) is 6.78. The Morgan fingerprint density at radius 3 is 2.86 bits per heavy atom. The Bertz CT molecular complexity index is 662. The number of nitrogens with two attached hydrogens (primary N) is 1. The van der Waals surface area contributed by atoms with Crippen molar-refractivity contribution in [1.82, 2.24) is 4.90 Å². The highest BCUT2D eigenvalue weighted by atomic mass is 79.9. The molecule has 0 saturated carbocycles. The van der Waals surface area contributed by atoms with Crippen LogP contribution in [0.25, 0.3) is 0 Å². The van der Waals surface area contributed by atoms with E-state index in [1.165, 1.54) is 0 Å². The van der Waals surface area contributed by atoms with Gasteiger partial charge < -0.3 is 15.1 Å². The molecule has 108 valence electrons. The number of nitrogen functional groups attached to an aromatic ring is 1. The van der Waals surface area contributed by atoms with Crippen molar-refractivity contribution >= 4 is 27.5 Å². The summed E-state index contributed by atoms with van der Waals surface area (Å²) in [5.74, 6) is 0.474. The Balaban J connectivity index is 2.25. The molecule has 2 rings (SSSR count). The average Bonchev–Trinajstić information content (AvgIpc) is 2.98. The number of carbonyl (C=O) groups is 1. The molecule has 0 aliphatic carbocycles. The molecule has 2 aromatic rings. The molecule has 0 spiro atoms. The first-order valence-electron chi connectivity index (χ1n) is 6.36. The van der Waals surface area contributed by atoms with Gasteiger partial charge in [-0.15, -0.1) is 0 Å². The number of amides is 1. The Morgan fingerprint density at radius 2 is 2.19 bits per heavy atom. The van der Waals surface area contributed by atoms with Crippen molar-refractivity contribution in [2.24, 2.45) is 0 Å². The van der Waals surface area contributed by atoms with Crippen molar-refractivity contribution in [3.05, 3.63) is 52.4 Å². The normalized spacial score (nSPS) is 10.1. The molecule has 0 aliphatic heterocycles. The number of hydrogen-bond donors (Lipinski definition) is 1. The van der Waals surface area contributed by atoms with E-state index in [1.807, 2.05) is 6.07 Å². The lowest BCUT2D eigenvalue weighted by Crippen LogP contribution is -2.31. The maximum atomic E-state index is 12.6. The summed E-state index contributed by atoms with van der Waals surface area (Å²) in [5, 5.41) is 8.75. The Kier molecular flexibility index (Phi) is 5.01. The van der Waals surface area contributed by atoms with Crippen LogP contribution in [0, 0.1) is 11.3 Å². The van der Waals surface area contributed by atoms with Crippen LogP contribution in [0.4, 0.5) is 5.69 Å². The maximum Gasteiger partial charge on any atom is 0.255 e. The van der Waals surface area contributed by atoms with E-state index < -0.39 is 0 Å². The van der Waals surface area contributed by atoms with Gasteiger partial charge in [0, 0.05) is 12.2 Å². The number of hydrogen-bond acceptors (Lipinski definition) is 4. The van der Waals surface area contributed by atoms with Gasteiger partial charge in [-0.3, -0.25) is 4.79 Å². The van der Waals surface area contributed by atoms with E-state index in [9.17, 15) is 4.79 Å². The van der Waals surface area contributed by atoms with Crippen LogP contribution in [-0.4, -0.2) is 17.4 Å². The lowest BCUT2D eigenvalue weighted by atomic mass is 10.1. The molecule has 6 heteroatoms. The van der Waals surface area contributed by atoms with Crippen molar-refractivity contribution in [2.75, 3.05) is 12.3 Å². The number of furan rings is 1. The molecule has 5 nitrogen and oxygen atoms in total. The molecule has 0 fully saturated rings. The van der Waals surface area contributed by atoms with Gasteiger partial charge in [-0.1, -0.05) is 6.07 Å². The van der Waals surface area contributed by atoms with Crippen LogP contribution < -0.4 is 5.73 Å². The zero-order valence-electron chi connectivity index (χ0n) is 11.3. The van der Waals surface area contributed by atoms with Crippen molar-refractivity contribution in [3.63, 3.8) is 0 Å². The summed E-state index contributed by atoms with van der Waals surface area (Å²) in [7, 11) is 0. The second kappa shape index (κ2) is 6.95. The van der Waals surface area contributed by atoms with Crippen molar-refractivity contribution in [2.45, 2.75) is 13.0 Å². The quantitative estimate of drug-likeness (QED) is 0.841. The minimum Gasteiger partial charge on any atom is -0.467 e.